The minimum absolute atomic E-state index is 0.0133. The fourth-order valence-electron chi connectivity index (χ4n) is 1.78. The number of sulfonamides is 1. The molecular formula is C12H14ClNO6S. The summed E-state index contributed by atoms with van der Waals surface area (Å²) in [6.45, 7) is 0.725. The molecule has 0 fully saturated rings. The van der Waals surface area contributed by atoms with E-state index in [1.807, 2.05) is 0 Å². The van der Waals surface area contributed by atoms with E-state index in [0.29, 0.717) is 24.7 Å². The lowest BCUT2D eigenvalue weighted by molar-refractivity contribution is -0.137. The summed E-state index contributed by atoms with van der Waals surface area (Å²) in [4.78, 5) is 10.3. The Kier molecular flexibility index (Phi) is 4.92. The number of carboxylic acids is 1. The van der Waals surface area contributed by atoms with Gasteiger partial charge in [-0.2, -0.15) is 0 Å². The Bertz CT molecular complexity index is 645. The molecule has 21 heavy (non-hydrogen) atoms. The van der Waals surface area contributed by atoms with Gasteiger partial charge >= 0.3 is 5.97 Å². The second kappa shape index (κ2) is 6.50. The maximum atomic E-state index is 12.1. The summed E-state index contributed by atoms with van der Waals surface area (Å²) in [6, 6.07) is 2.69. The van der Waals surface area contributed by atoms with Gasteiger partial charge in [0.15, 0.2) is 11.5 Å². The quantitative estimate of drug-likeness (QED) is 0.759. The van der Waals surface area contributed by atoms with Crippen molar-refractivity contribution in [2.75, 3.05) is 19.8 Å². The lowest BCUT2D eigenvalue weighted by Gasteiger charge is -2.19. The zero-order valence-electron chi connectivity index (χ0n) is 11.0. The van der Waals surface area contributed by atoms with Crippen LogP contribution in [0, 0.1) is 0 Å². The molecule has 1 aliphatic heterocycles. The summed E-state index contributed by atoms with van der Waals surface area (Å²) in [5, 5.41) is 8.53. The standard InChI is InChI=1S/C12H14ClNO6S/c13-8-6-9-10(20-5-4-19-9)7-11(8)21(17,18)14-3-1-2-12(15)16/h6-7,14H,1-5H2,(H,15,16). The number of ether oxygens (including phenoxy) is 2. The molecular weight excluding hydrogens is 322 g/mol. The van der Waals surface area contributed by atoms with E-state index in [1.165, 1.54) is 12.1 Å². The predicted octanol–water partition coefficient (Wildman–Crippen LogP) is 1.25. The molecule has 1 heterocycles. The van der Waals surface area contributed by atoms with Gasteiger partial charge in [-0.05, 0) is 6.42 Å². The highest BCUT2D eigenvalue weighted by Crippen LogP contribution is 2.37. The molecule has 0 aliphatic carbocycles. The molecule has 0 bridgehead atoms. The van der Waals surface area contributed by atoms with Crippen LogP contribution in [0.4, 0.5) is 0 Å². The Morgan fingerprint density at radius 1 is 1.29 bits per heavy atom. The monoisotopic (exact) mass is 335 g/mol. The molecule has 0 amide bonds. The molecule has 1 aromatic carbocycles. The van der Waals surface area contributed by atoms with Crippen molar-refractivity contribution in [1.82, 2.24) is 4.72 Å². The average molecular weight is 336 g/mol. The van der Waals surface area contributed by atoms with Gasteiger partial charge in [-0.15, -0.1) is 0 Å². The van der Waals surface area contributed by atoms with E-state index in [4.69, 9.17) is 26.2 Å². The highest BCUT2D eigenvalue weighted by Gasteiger charge is 2.23. The Morgan fingerprint density at radius 2 is 1.90 bits per heavy atom. The summed E-state index contributed by atoms with van der Waals surface area (Å²) in [5.74, 6) is -0.265. The smallest absolute Gasteiger partial charge is 0.303 e. The second-order valence-electron chi connectivity index (χ2n) is 4.32. The van der Waals surface area contributed by atoms with E-state index in [2.05, 4.69) is 4.72 Å². The molecule has 2 N–H and O–H groups in total. The molecule has 1 aliphatic rings. The van der Waals surface area contributed by atoms with Crippen LogP contribution in [-0.2, 0) is 14.8 Å². The highest BCUT2D eigenvalue weighted by atomic mass is 35.5. The summed E-state index contributed by atoms with van der Waals surface area (Å²) < 4.78 is 37.2. The maximum Gasteiger partial charge on any atom is 0.303 e. The van der Waals surface area contributed by atoms with Crippen molar-refractivity contribution in [3.8, 4) is 11.5 Å². The van der Waals surface area contributed by atoms with Crippen LogP contribution in [0.15, 0.2) is 17.0 Å². The number of fused-ring (bicyclic) bond motifs is 1. The molecule has 116 valence electrons. The Balaban J connectivity index is 2.14. The van der Waals surface area contributed by atoms with Crippen LogP contribution in [0.25, 0.3) is 0 Å². The SMILES string of the molecule is O=C(O)CCCNS(=O)(=O)c1cc2c(cc1Cl)OCCO2. The lowest BCUT2D eigenvalue weighted by Crippen LogP contribution is -2.26. The fraction of sp³-hybridized carbons (Fsp3) is 0.417. The molecule has 2 rings (SSSR count). The van der Waals surface area contributed by atoms with E-state index in [1.54, 1.807) is 0 Å². The van der Waals surface area contributed by atoms with Crippen LogP contribution >= 0.6 is 11.6 Å². The van der Waals surface area contributed by atoms with E-state index in [0.717, 1.165) is 0 Å². The number of rotatable bonds is 6. The van der Waals surface area contributed by atoms with Crippen LogP contribution in [0.3, 0.4) is 0 Å². The third kappa shape index (κ3) is 3.99. The predicted molar refractivity (Wildman–Crippen MR) is 74.5 cm³/mol. The normalized spacial score (nSPS) is 14.0. The second-order valence-corrected chi connectivity index (χ2v) is 6.46. The van der Waals surface area contributed by atoms with Gasteiger partial charge in [0.2, 0.25) is 10.0 Å². The number of nitrogens with one attached hydrogen (secondary N) is 1. The number of hydrogen-bond donors (Lipinski definition) is 2. The summed E-state index contributed by atoms with van der Waals surface area (Å²) in [5.41, 5.74) is 0. The van der Waals surface area contributed by atoms with Crippen molar-refractivity contribution in [2.45, 2.75) is 17.7 Å². The van der Waals surface area contributed by atoms with Crippen molar-refractivity contribution in [1.29, 1.82) is 0 Å². The molecule has 7 nitrogen and oxygen atoms in total. The first-order valence-corrected chi connectivity index (χ1v) is 8.07. The van der Waals surface area contributed by atoms with Crippen molar-refractivity contribution in [3.63, 3.8) is 0 Å². The van der Waals surface area contributed by atoms with Gasteiger partial charge in [-0.3, -0.25) is 4.79 Å². The lowest BCUT2D eigenvalue weighted by atomic mass is 10.3. The van der Waals surface area contributed by atoms with Gasteiger partial charge in [0.05, 0.1) is 5.02 Å². The van der Waals surface area contributed by atoms with Crippen LogP contribution in [0.5, 0.6) is 11.5 Å². The minimum Gasteiger partial charge on any atom is -0.486 e. The number of aliphatic carboxylic acids is 1. The zero-order chi connectivity index (χ0) is 15.5. The van der Waals surface area contributed by atoms with Crippen molar-refractivity contribution >= 4 is 27.6 Å². The first kappa shape index (κ1) is 15.9. The number of carboxylic acid groups (broad SMARTS) is 1. The van der Waals surface area contributed by atoms with Gasteiger partial charge in [0.25, 0.3) is 0 Å². The van der Waals surface area contributed by atoms with Gasteiger partial charge in [0.1, 0.15) is 18.1 Å². The van der Waals surface area contributed by atoms with E-state index >= 15 is 0 Å². The first-order valence-electron chi connectivity index (χ1n) is 6.21. The molecule has 0 saturated heterocycles. The molecule has 0 saturated carbocycles. The Hall–Kier alpha value is -1.51. The van der Waals surface area contributed by atoms with Gasteiger partial charge < -0.3 is 14.6 Å². The van der Waals surface area contributed by atoms with E-state index in [-0.39, 0.29) is 29.3 Å². The summed E-state index contributed by atoms with van der Waals surface area (Å²) in [6.07, 6.45) is 0.0775. The molecule has 0 radical (unpaired) electrons. The topological polar surface area (TPSA) is 102 Å². The number of benzene rings is 1. The van der Waals surface area contributed by atoms with Crippen LogP contribution < -0.4 is 14.2 Å². The van der Waals surface area contributed by atoms with Gasteiger partial charge in [0, 0.05) is 25.1 Å². The highest BCUT2D eigenvalue weighted by molar-refractivity contribution is 7.89. The van der Waals surface area contributed by atoms with E-state index < -0.39 is 16.0 Å². The Labute approximate surface area is 126 Å². The third-order valence-electron chi connectivity index (χ3n) is 2.75. The van der Waals surface area contributed by atoms with Crippen LogP contribution in [0.2, 0.25) is 5.02 Å². The molecule has 0 aromatic heterocycles. The summed E-state index contributed by atoms with van der Waals surface area (Å²) in [7, 11) is -3.83. The van der Waals surface area contributed by atoms with Crippen LogP contribution in [-0.4, -0.2) is 39.3 Å². The zero-order valence-corrected chi connectivity index (χ0v) is 12.5. The van der Waals surface area contributed by atoms with Crippen LogP contribution in [0.1, 0.15) is 12.8 Å². The first-order chi connectivity index (χ1) is 9.90. The minimum atomic E-state index is -3.83. The fourth-order valence-corrected chi connectivity index (χ4v) is 3.38. The summed E-state index contributed by atoms with van der Waals surface area (Å²) >= 11 is 5.96. The average Bonchev–Trinajstić information content (AvgIpc) is 2.42. The third-order valence-corrected chi connectivity index (χ3v) is 4.67. The van der Waals surface area contributed by atoms with Crippen molar-refractivity contribution in [2.24, 2.45) is 0 Å². The largest absolute Gasteiger partial charge is 0.486 e. The van der Waals surface area contributed by atoms with Crippen molar-refractivity contribution < 1.29 is 27.8 Å². The van der Waals surface area contributed by atoms with Gasteiger partial charge in [-0.1, -0.05) is 11.6 Å². The Morgan fingerprint density at radius 3 is 2.52 bits per heavy atom. The molecule has 9 heteroatoms. The number of halogens is 1. The maximum absolute atomic E-state index is 12.1. The van der Waals surface area contributed by atoms with Gasteiger partial charge in [-0.25, -0.2) is 13.1 Å². The number of hydrogen-bond acceptors (Lipinski definition) is 5. The van der Waals surface area contributed by atoms with Crippen molar-refractivity contribution in [3.05, 3.63) is 17.2 Å². The molecule has 0 atom stereocenters. The molecule has 0 spiro atoms. The number of carbonyl (C=O) groups is 1. The molecule has 0 unspecified atom stereocenters. The molecule has 1 aromatic rings. The van der Waals surface area contributed by atoms with E-state index in [9.17, 15) is 13.2 Å².